The van der Waals surface area contributed by atoms with Crippen molar-refractivity contribution in [3.63, 3.8) is 0 Å². The number of carboxylic acids is 1. The van der Waals surface area contributed by atoms with Gasteiger partial charge >= 0.3 is 5.97 Å². The van der Waals surface area contributed by atoms with Gasteiger partial charge in [-0.05, 0) is 12.8 Å². The van der Waals surface area contributed by atoms with Crippen molar-refractivity contribution < 1.29 is 15.0 Å². The summed E-state index contributed by atoms with van der Waals surface area (Å²) in [6, 6.07) is -0.488. The first kappa shape index (κ1) is 11.8. The Labute approximate surface area is 95.4 Å². The number of aliphatic carboxylic acids is 1. The fourth-order valence-electron chi connectivity index (χ4n) is 2.75. The second-order valence-corrected chi connectivity index (χ2v) is 4.96. The molecule has 1 atom stereocenters. The summed E-state index contributed by atoms with van der Waals surface area (Å²) in [7, 11) is 0. The molecule has 0 aromatic carbocycles. The first-order chi connectivity index (χ1) is 7.61. The lowest BCUT2D eigenvalue weighted by Crippen LogP contribution is -2.58. The molecule has 5 nitrogen and oxygen atoms in total. The van der Waals surface area contributed by atoms with Gasteiger partial charge < -0.3 is 15.5 Å². The standard InChI is InChI=1S/C11H20N2O3/c14-10(15)9-7-12-5-6-13(9)8-11(16)3-1-2-4-11/h9,12,16H,1-8H2,(H,14,15). The van der Waals surface area contributed by atoms with E-state index in [-0.39, 0.29) is 0 Å². The van der Waals surface area contributed by atoms with Gasteiger partial charge in [0, 0.05) is 26.2 Å². The van der Waals surface area contributed by atoms with E-state index in [0.29, 0.717) is 19.6 Å². The summed E-state index contributed by atoms with van der Waals surface area (Å²) < 4.78 is 0. The maximum atomic E-state index is 11.1. The highest BCUT2D eigenvalue weighted by Gasteiger charge is 2.37. The first-order valence-corrected chi connectivity index (χ1v) is 6.01. The van der Waals surface area contributed by atoms with Crippen LogP contribution < -0.4 is 5.32 Å². The molecule has 3 N–H and O–H groups in total. The molecular weight excluding hydrogens is 208 g/mol. The number of carboxylic acid groups (broad SMARTS) is 1. The summed E-state index contributed by atoms with van der Waals surface area (Å²) in [6.45, 7) is 2.50. The number of aliphatic hydroxyl groups is 1. The number of nitrogens with one attached hydrogen (secondary N) is 1. The normalized spacial score (nSPS) is 30.4. The summed E-state index contributed by atoms with van der Waals surface area (Å²) in [5.41, 5.74) is -0.648. The van der Waals surface area contributed by atoms with E-state index in [1.54, 1.807) is 0 Å². The molecule has 2 fully saturated rings. The highest BCUT2D eigenvalue weighted by atomic mass is 16.4. The van der Waals surface area contributed by atoms with Crippen molar-refractivity contribution in [3.8, 4) is 0 Å². The second-order valence-electron chi connectivity index (χ2n) is 4.96. The Balaban J connectivity index is 1.98. The molecule has 2 aliphatic rings. The zero-order valence-corrected chi connectivity index (χ0v) is 9.48. The molecule has 1 saturated heterocycles. The molecule has 1 aliphatic heterocycles. The van der Waals surface area contributed by atoms with Crippen LogP contribution in [0.15, 0.2) is 0 Å². The average Bonchev–Trinajstić information content (AvgIpc) is 2.65. The molecule has 1 unspecified atom stereocenters. The van der Waals surface area contributed by atoms with Crippen molar-refractivity contribution in [2.24, 2.45) is 0 Å². The van der Waals surface area contributed by atoms with E-state index >= 15 is 0 Å². The molecule has 1 aliphatic carbocycles. The minimum atomic E-state index is -0.797. The number of hydrogen-bond acceptors (Lipinski definition) is 4. The molecule has 92 valence electrons. The average molecular weight is 228 g/mol. The molecule has 1 heterocycles. The lowest BCUT2D eigenvalue weighted by atomic mass is 10.00. The highest BCUT2D eigenvalue weighted by Crippen LogP contribution is 2.30. The van der Waals surface area contributed by atoms with E-state index < -0.39 is 17.6 Å². The Hall–Kier alpha value is -0.650. The van der Waals surface area contributed by atoms with Crippen molar-refractivity contribution in [1.82, 2.24) is 10.2 Å². The number of β-amino-alcohol motifs (C(OH)–C–C–N with tert-alkyl or cyclic N) is 1. The zero-order valence-electron chi connectivity index (χ0n) is 9.48. The molecule has 0 spiro atoms. The largest absolute Gasteiger partial charge is 0.480 e. The fourth-order valence-corrected chi connectivity index (χ4v) is 2.75. The third-order valence-corrected chi connectivity index (χ3v) is 3.67. The SMILES string of the molecule is O=C(O)C1CNCCN1CC1(O)CCCC1. The van der Waals surface area contributed by atoms with E-state index in [0.717, 1.165) is 32.2 Å². The third-order valence-electron chi connectivity index (χ3n) is 3.67. The Morgan fingerprint density at radius 2 is 2.12 bits per heavy atom. The van der Waals surface area contributed by atoms with Gasteiger partial charge in [-0.15, -0.1) is 0 Å². The van der Waals surface area contributed by atoms with Gasteiger partial charge in [-0.2, -0.15) is 0 Å². The summed E-state index contributed by atoms with van der Waals surface area (Å²) in [5, 5.41) is 22.5. The van der Waals surface area contributed by atoms with Crippen LogP contribution in [-0.4, -0.2) is 58.9 Å². The van der Waals surface area contributed by atoms with E-state index in [1.165, 1.54) is 0 Å². The van der Waals surface area contributed by atoms with Gasteiger partial charge in [0.25, 0.3) is 0 Å². The van der Waals surface area contributed by atoms with Crippen LogP contribution in [0.4, 0.5) is 0 Å². The highest BCUT2D eigenvalue weighted by molar-refractivity contribution is 5.74. The maximum absolute atomic E-state index is 11.1. The van der Waals surface area contributed by atoms with Crippen LogP contribution in [-0.2, 0) is 4.79 Å². The van der Waals surface area contributed by atoms with E-state index in [4.69, 9.17) is 5.11 Å². The van der Waals surface area contributed by atoms with Crippen molar-refractivity contribution >= 4 is 5.97 Å². The number of rotatable bonds is 3. The minimum absolute atomic E-state index is 0.478. The van der Waals surface area contributed by atoms with E-state index in [2.05, 4.69) is 5.32 Å². The second kappa shape index (κ2) is 4.69. The van der Waals surface area contributed by atoms with Gasteiger partial charge in [-0.3, -0.25) is 9.69 Å². The van der Waals surface area contributed by atoms with Crippen LogP contribution in [0.1, 0.15) is 25.7 Å². The van der Waals surface area contributed by atoms with Gasteiger partial charge in [0.05, 0.1) is 5.60 Å². The summed E-state index contributed by atoms with van der Waals surface area (Å²) >= 11 is 0. The predicted molar refractivity (Wildman–Crippen MR) is 59.3 cm³/mol. The smallest absolute Gasteiger partial charge is 0.322 e. The Kier molecular flexibility index (Phi) is 3.47. The summed E-state index contributed by atoms with van der Waals surface area (Å²) in [4.78, 5) is 13.0. The molecular formula is C11H20N2O3. The predicted octanol–water partition coefficient (Wildman–Crippen LogP) is -0.350. The summed E-state index contributed by atoms with van der Waals surface area (Å²) in [6.07, 6.45) is 3.73. The lowest BCUT2D eigenvalue weighted by molar-refractivity contribution is -0.145. The maximum Gasteiger partial charge on any atom is 0.322 e. The Morgan fingerprint density at radius 1 is 1.44 bits per heavy atom. The molecule has 0 aromatic heterocycles. The Bertz CT molecular complexity index is 264. The van der Waals surface area contributed by atoms with Crippen LogP contribution in [0.5, 0.6) is 0 Å². The fraction of sp³-hybridized carbons (Fsp3) is 0.909. The number of carbonyl (C=O) groups is 1. The molecule has 0 radical (unpaired) electrons. The van der Waals surface area contributed by atoms with Crippen LogP contribution in [0, 0.1) is 0 Å². The molecule has 0 amide bonds. The van der Waals surface area contributed by atoms with E-state index in [9.17, 15) is 9.90 Å². The zero-order chi connectivity index (χ0) is 11.6. The molecule has 0 bridgehead atoms. The monoisotopic (exact) mass is 228 g/mol. The van der Waals surface area contributed by atoms with Crippen LogP contribution in [0.2, 0.25) is 0 Å². The van der Waals surface area contributed by atoms with Crippen LogP contribution in [0.3, 0.4) is 0 Å². The molecule has 16 heavy (non-hydrogen) atoms. The van der Waals surface area contributed by atoms with Gasteiger partial charge in [-0.1, -0.05) is 12.8 Å². The Morgan fingerprint density at radius 3 is 2.75 bits per heavy atom. The van der Waals surface area contributed by atoms with Crippen molar-refractivity contribution in [2.45, 2.75) is 37.3 Å². The van der Waals surface area contributed by atoms with Crippen LogP contribution in [0.25, 0.3) is 0 Å². The van der Waals surface area contributed by atoms with Gasteiger partial charge in [0.1, 0.15) is 6.04 Å². The van der Waals surface area contributed by atoms with Crippen LogP contribution >= 0.6 is 0 Å². The first-order valence-electron chi connectivity index (χ1n) is 6.01. The molecule has 2 rings (SSSR count). The lowest BCUT2D eigenvalue weighted by Gasteiger charge is -2.38. The molecule has 1 saturated carbocycles. The third kappa shape index (κ3) is 2.53. The summed E-state index contributed by atoms with van der Waals surface area (Å²) in [5.74, 6) is -0.797. The van der Waals surface area contributed by atoms with Crippen molar-refractivity contribution in [2.75, 3.05) is 26.2 Å². The van der Waals surface area contributed by atoms with Gasteiger partial charge in [-0.25, -0.2) is 0 Å². The van der Waals surface area contributed by atoms with Crippen molar-refractivity contribution in [1.29, 1.82) is 0 Å². The van der Waals surface area contributed by atoms with Gasteiger partial charge in [0.2, 0.25) is 0 Å². The van der Waals surface area contributed by atoms with E-state index in [1.807, 2.05) is 4.90 Å². The number of hydrogen-bond donors (Lipinski definition) is 3. The quantitative estimate of drug-likeness (QED) is 0.616. The molecule has 5 heteroatoms. The molecule has 0 aromatic rings. The topological polar surface area (TPSA) is 72.8 Å². The number of nitrogens with zero attached hydrogens (tertiary/aromatic N) is 1. The van der Waals surface area contributed by atoms with Crippen molar-refractivity contribution in [3.05, 3.63) is 0 Å². The van der Waals surface area contributed by atoms with Gasteiger partial charge in [0.15, 0.2) is 0 Å². The number of piperazine rings is 1. The minimum Gasteiger partial charge on any atom is -0.480 e.